The highest BCUT2D eigenvalue weighted by molar-refractivity contribution is 4.80. The fourth-order valence-electron chi connectivity index (χ4n) is 2.94. The lowest BCUT2D eigenvalue weighted by Crippen LogP contribution is -2.46. The molecule has 3 heteroatoms. The zero-order valence-corrected chi connectivity index (χ0v) is 12.5. The highest BCUT2D eigenvalue weighted by atomic mass is 16.3. The van der Waals surface area contributed by atoms with Gasteiger partial charge in [-0.1, -0.05) is 20.3 Å². The van der Waals surface area contributed by atoms with E-state index < -0.39 is 0 Å². The molecule has 3 unspecified atom stereocenters. The largest absolute Gasteiger partial charge is 0.392 e. The van der Waals surface area contributed by atoms with Crippen molar-refractivity contribution in [3.63, 3.8) is 0 Å². The van der Waals surface area contributed by atoms with Crippen LogP contribution in [0.15, 0.2) is 0 Å². The van der Waals surface area contributed by atoms with Gasteiger partial charge in [0.1, 0.15) is 0 Å². The van der Waals surface area contributed by atoms with E-state index in [1.165, 1.54) is 38.9 Å². The molecule has 3 nitrogen and oxygen atoms in total. The van der Waals surface area contributed by atoms with Crippen LogP contribution in [0, 0.1) is 5.92 Å². The van der Waals surface area contributed by atoms with E-state index in [1.807, 2.05) is 0 Å². The van der Waals surface area contributed by atoms with Gasteiger partial charge in [-0.3, -0.25) is 0 Å². The number of hydrogen-bond donors (Lipinski definition) is 2. The number of nitrogens with one attached hydrogen (secondary N) is 1. The number of piperidine rings is 1. The Balaban J connectivity index is 2.25. The van der Waals surface area contributed by atoms with Gasteiger partial charge in [-0.05, 0) is 51.6 Å². The van der Waals surface area contributed by atoms with Crippen LogP contribution in [0.3, 0.4) is 0 Å². The van der Waals surface area contributed by atoms with Crippen molar-refractivity contribution >= 4 is 0 Å². The zero-order valence-electron chi connectivity index (χ0n) is 12.5. The predicted octanol–water partition coefficient (Wildman–Crippen LogP) is 2.25. The Labute approximate surface area is 113 Å². The second kappa shape index (κ2) is 8.89. The fourth-order valence-corrected chi connectivity index (χ4v) is 2.94. The molecule has 0 bridgehead atoms. The molecular weight excluding hydrogens is 224 g/mol. The van der Waals surface area contributed by atoms with Crippen LogP contribution in [0.4, 0.5) is 0 Å². The van der Waals surface area contributed by atoms with Crippen molar-refractivity contribution in [2.75, 3.05) is 26.2 Å². The Bertz CT molecular complexity index is 209. The van der Waals surface area contributed by atoms with Gasteiger partial charge in [0, 0.05) is 19.1 Å². The SMILES string of the molecule is CCCC(O)CNC(C)C1CCCN(CCC)C1. The minimum Gasteiger partial charge on any atom is -0.392 e. The maximum Gasteiger partial charge on any atom is 0.0664 e. The molecule has 0 aliphatic carbocycles. The first-order valence-electron chi connectivity index (χ1n) is 7.81. The van der Waals surface area contributed by atoms with Crippen LogP contribution in [-0.2, 0) is 0 Å². The second-order valence-electron chi connectivity index (χ2n) is 5.84. The maximum atomic E-state index is 9.76. The van der Waals surface area contributed by atoms with E-state index in [1.54, 1.807) is 0 Å². The first-order valence-corrected chi connectivity index (χ1v) is 7.81. The summed E-state index contributed by atoms with van der Waals surface area (Å²) in [7, 11) is 0. The Morgan fingerprint density at radius 1 is 1.33 bits per heavy atom. The van der Waals surface area contributed by atoms with Crippen molar-refractivity contribution in [2.24, 2.45) is 5.92 Å². The first kappa shape index (κ1) is 15.9. The Morgan fingerprint density at radius 2 is 2.11 bits per heavy atom. The molecule has 1 aliphatic rings. The normalized spacial score (nSPS) is 25.0. The van der Waals surface area contributed by atoms with Crippen LogP contribution in [0.2, 0.25) is 0 Å². The van der Waals surface area contributed by atoms with Crippen molar-refractivity contribution in [3.8, 4) is 0 Å². The quantitative estimate of drug-likeness (QED) is 0.699. The van der Waals surface area contributed by atoms with Gasteiger partial charge in [-0.25, -0.2) is 0 Å². The monoisotopic (exact) mass is 256 g/mol. The van der Waals surface area contributed by atoms with Gasteiger partial charge in [0.2, 0.25) is 0 Å². The lowest BCUT2D eigenvalue weighted by atomic mass is 9.91. The highest BCUT2D eigenvalue weighted by Crippen LogP contribution is 2.19. The summed E-state index contributed by atoms with van der Waals surface area (Å²) in [6.45, 7) is 11.1. The highest BCUT2D eigenvalue weighted by Gasteiger charge is 2.24. The molecule has 0 saturated carbocycles. The van der Waals surface area contributed by atoms with Crippen LogP contribution < -0.4 is 5.32 Å². The predicted molar refractivity (Wildman–Crippen MR) is 77.8 cm³/mol. The van der Waals surface area contributed by atoms with Crippen LogP contribution in [0.5, 0.6) is 0 Å². The third-order valence-corrected chi connectivity index (χ3v) is 4.09. The zero-order chi connectivity index (χ0) is 13.4. The van der Waals surface area contributed by atoms with Crippen molar-refractivity contribution in [3.05, 3.63) is 0 Å². The van der Waals surface area contributed by atoms with Gasteiger partial charge in [0.15, 0.2) is 0 Å². The number of rotatable bonds is 8. The molecule has 0 amide bonds. The van der Waals surface area contributed by atoms with Crippen LogP contribution in [0.25, 0.3) is 0 Å². The summed E-state index contributed by atoms with van der Waals surface area (Å²) in [4.78, 5) is 2.59. The van der Waals surface area contributed by atoms with Gasteiger partial charge in [0.05, 0.1) is 6.10 Å². The molecule has 1 heterocycles. The number of aliphatic hydroxyl groups is 1. The van der Waals surface area contributed by atoms with Gasteiger partial charge < -0.3 is 15.3 Å². The Morgan fingerprint density at radius 3 is 2.78 bits per heavy atom. The molecule has 0 radical (unpaired) electrons. The summed E-state index contributed by atoms with van der Waals surface area (Å²) in [5.74, 6) is 0.749. The molecule has 18 heavy (non-hydrogen) atoms. The summed E-state index contributed by atoms with van der Waals surface area (Å²) in [5, 5.41) is 13.3. The number of nitrogens with zero attached hydrogens (tertiary/aromatic N) is 1. The average Bonchev–Trinajstić information content (AvgIpc) is 2.37. The van der Waals surface area contributed by atoms with Gasteiger partial charge in [-0.2, -0.15) is 0 Å². The molecule has 1 rings (SSSR count). The van der Waals surface area contributed by atoms with Gasteiger partial charge >= 0.3 is 0 Å². The standard InChI is InChI=1S/C15H32N2O/c1-4-7-15(18)11-16-13(3)14-8-6-10-17(12-14)9-5-2/h13-16,18H,4-12H2,1-3H3. The summed E-state index contributed by atoms with van der Waals surface area (Å²) >= 11 is 0. The summed E-state index contributed by atoms with van der Waals surface area (Å²) in [6.07, 6.45) is 5.71. The topological polar surface area (TPSA) is 35.5 Å². The third kappa shape index (κ3) is 5.68. The maximum absolute atomic E-state index is 9.76. The minimum atomic E-state index is -0.173. The fraction of sp³-hybridized carbons (Fsp3) is 1.00. The molecule has 1 fully saturated rings. The number of hydrogen-bond acceptors (Lipinski definition) is 3. The minimum absolute atomic E-state index is 0.173. The number of aliphatic hydroxyl groups excluding tert-OH is 1. The van der Waals surface area contributed by atoms with E-state index in [9.17, 15) is 5.11 Å². The second-order valence-corrected chi connectivity index (χ2v) is 5.84. The molecule has 0 spiro atoms. The van der Waals surface area contributed by atoms with Crippen molar-refractivity contribution < 1.29 is 5.11 Å². The van der Waals surface area contributed by atoms with E-state index in [4.69, 9.17) is 0 Å². The van der Waals surface area contributed by atoms with Crippen LogP contribution in [-0.4, -0.2) is 48.3 Å². The van der Waals surface area contributed by atoms with E-state index in [0.717, 1.165) is 25.3 Å². The number of likely N-dealkylation sites (tertiary alicyclic amines) is 1. The molecule has 1 aliphatic heterocycles. The molecule has 108 valence electrons. The molecular formula is C15H32N2O. The van der Waals surface area contributed by atoms with Crippen LogP contribution >= 0.6 is 0 Å². The van der Waals surface area contributed by atoms with Crippen molar-refractivity contribution in [1.82, 2.24) is 10.2 Å². The lowest BCUT2D eigenvalue weighted by Gasteiger charge is -2.36. The van der Waals surface area contributed by atoms with Crippen LogP contribution in [0.1, 0.15) is 52.9 Å². The molecule has 3 atom stereocenters. The molecule has 0 aromatic heterocycles. The Kier molecular flexibility index (Phi) is 7.87. The molecule has 1 saturated heterocycles. The molecule has 0 aromatic rings. The van der Waals surface area contributed by atoms with E-state index in [2.05, 4.69) is 31.0 Å². The molecule has 0 aromatic carbocycles. The summed E-state index contributed by atoms with van der Waals surface area (Å²) in [6, 6.07) is 0.524. The van der Waals surface area contributed by atoms with E-state index in [-0.39, 0.29) is 6.10 Å². The summed E-state index contributed by atoms with van der Waals surface area (Å²) < 4.78 is 0. The van der Waals surface area contributed by atoms with Gasteiger partial charge in [-0.15, -0.1) is 0 Å². The Hall–Kier alpha value is -0.120. The van der Waals surface area contributed by atoms with Crippen molar-refractivity contribution in [2.45, 2.75) is 65.0 Å². The van der Waals surface area contributed by atoms with Gasteiger partial charge in [0.25, 0.3) is 0 Å². The summed E-state index contributed by atoms with van der Waals surface area (Å²) in [5.41, 5.74) is 0. The van der Waals surface area contributed by atoms with E-state index in [0.29, 0.717) is 6.04 Å². The molecule has 2 N–H and O–H groups in total. The third-order valence-electron chi connectivity index (χ3n) is 4.09. The average molecular weight is 256 g/mol. The first-order chi connectivity index (χ1) is 8.67. The van der Waals surface area contributed by atoms with Crippen molar-refractivity contribution in [1.29, 1.82) is 0 Å². The lowest BCUT2D eigenvalue weighted by molar-refractivity contribution is 0.128. The van der Waals surface area contributed by atoms with E-state index >= 15 is 0 Å². The smallest absolute Gasteiger partial charge is 0.0664 e.